The molecule has 1 aliphatic heterocycles. The summed E-state index contributed by atoms with van der Waals surface area (Å²) in [5.74, 6) is 2.01. The van der Waals surface area contributed by atoms with Gasteiger partial charge in [0, 0.05) is 18.7 Å². The first-order chi connectivity index (χ1) is 12.1. The molecule has 0 aliphatic carbocycles. The van der Waals surface area contributed by atoms with Crippen LogP contribution < -0.4 is 0 Å². The molecule has 3 aromatic rings. The Kier molecular flexibility index (Phi) is 3.85. The molecule has 1 N–H and O–H groups in total. The second-order valence-corrected chi connectivity index (χ2v) is 6.19. The third kappa shape index (κ3) is 3.06. The zero-order chi connectivity index (χ0) is 17.4. The molecule has 1 aromatic carbocycles. The van der Waals surface area contributed by atoms with Crippen molar-refractivity contribution in [3.8, 4) is 11.3 Å². The Morgan fingerprint density at radius 3 is 2.80 bits per heavy atom. The Labute approximate surface area is 143 Å². The van der Waals surface area contributed by atoms with E-state index in [0.717, 1.165) is 18.8 Å². The number of hydrogen-bond acceptors (Lipinski definition) is 6. The summed E-state index contributed by atoms with van der Waals surface area (Å²) in [6.07, 6.45) is 0. The van der Waals surface area contributed by atoms with Crippen LogP contribution in [-0.4, -0.2) is 39.2 Å². The van der Waals surface area contributed by atoms with Gasteiger partial charge in [-0.25, -0.2) is 4.79 Å². The Bertz CT molecular complexity index is 908. The number of aromatic carboxylic acids is 1. The lowest BCUT2D eigenvalue weighted by Crippen LogP contribution is -2.44. The maximum Gasteiger partial charge on any atom is 0.336 e. The molecule has 4 rings (SSSR count). The molecule has 0 atom stereocenters. The molecule has 0 radical (unpaired) electrons. The van der Waals surface area contributed by atoms with Crippen molar-refractivity contribution in [1.82, 2.24) is 15.0 Å². The number of aryl methyl sites for hydroxylation is 1. The summed E-state index contributed by atoms with van der Waals surface area (Å²) in [6.45, 7) is 4.15. The van der Waals surface area contributed by atoms with E-state index in [9.17, 15) is 9.90 Å². The van der Waals surface area contributed by atoms with Crippen LogP contribution in [-0.2, 0) is 6.54 Å². The van der Waals surface area contributed by atoms with Crippen molar-refractivity contribution in [3.63, 3.8) is 0 Å². The Balaban J connectivity index is 1.42. The molecular formula is C18H17N3O4. The highest BCUT2D eigenvalue weighted by Gasteiger charge is 2.32. The number of carboxylic acid groups (broad SMARTS) is 1. The molecule has 7 nitrogen and oxygen atoms in total. The first-order valence-corrected chi connectivity index (χ1v) is 8.04. The topological polar surface area (TPSA) is 92.6 Å². The van der Waals surface area contributed by atoms with E-state index in [-0.39, 0.29) is 11.5 Å². The number of aromatic nitrogens is 2. The molecule has 0 saturated carbocycles. The van der Waals surface area contributed by atoms with Gasteiger partial charge in [0.1, 0.15) is 11.5 Å². The first kappa shape index (κ1) is 15.6. The fourth-order valence-corrected chi connectivity index (χ4v) is 3.05. The van der Waals surface area contributed by atoms with Gasteiger partial charge in [0.2, 0.25) is 5.89 Å². The summed E-state index contributed by atoms with van der Waals surface area (Å²) in [7, 11) is 0. The van der Waals surface area contributed by atoms with E-state index in [0.29, 0.717) is 29.6 Å². The zero-order valence-electron chi connectivity index (χ0n) is 13.7. The Morgan fingerprint density at radius 1 is 1.28 bits per heavy atom. The van der Waals surface area contributed by atoms with E-state index in [1.165, 1.54) is 0 Å². The van der Waals surface area contributed by atoms with Crippen molar-refractivity contribution in [2.24, 2.45) is 0 Å². The van der Waals surface area contributed by atoms with Crippen molar-refractivity contribution in [1.29, 1.82) is 0 Å². The van der Waals surface area contributed by atoms with Gasteiger partial charge >= 0.3 is 5.97 Å². The molecule has 0 spiro atoms. The molecule has 0 bridgehead atoms. The largest absolute Gasteiger partial charge is 0.478 e. The minimum Gasteiger partial charge on any atom is -0.478 e. The van der Waals surface area contributed by atoms with Gasteiger partial charge in [-0.15, -0.1) is 0 Å². The minimum absolute atomic E-state index is 0.235. The van der Waals surface area contributed by atoms with Crippen LogP contribution in [0.3, 0.4) is 0 Å². The van der Waals surface area contributed by atoms with Gasteiger partial charge in [-0.05, 0) is 25.1 Å². The van der Waals surface area contributed by atoms with Crippen LogP contribution in [0.2, 0.25) is 0 Å². The normalized spacial score (nSPS) is 15.2. The number of carbonyl (C=O) groups is 1. The van der Waals surface area contributed by atoms with Crippen LogP contribution in [0.1, 0.15) is 33.8 Å². The third-order valence-electron chi connectivity index (χ3n) is 4.31. The number of hydrogen-bond donors (Lipinski definition) is 1. The molecule has 128 valence electrons. The van der Waals surface area contributed by atoms with E-state index < -0.39 is 5.97 Å². The fraction of sp³-hybridized carbons (Fsp3) is 0.278. The van der Waals surface area contributed by atoms with Gasteiger partial charge < -0.3 is 14.0 Å². The highest BCUT2D eigenvalue weighted by Crippen LogP contribution is 2.30. The molecule has 0 amide bonds. The SMILES string of the molecule is Cc1noc(C2CN(Cc3ccc(-c4ccccc4C(=O)O)o3)C2)n1. The molecule has 3 heterocycles. The maximum atomic E-state index is 11.3. The van der Waals surface area contributed by atoms with Crippen LogP contribution in [0.15, 0.2) is 45.3 Å². The summed E-state index contributed by atoms with van der Waals surface area (Å²) in [6, 6.07) is 10.5. The number of furan rings is 1. The average Bonchev–Trinajstić information content (AvgIpc) is 3.19. The van der Waals surface area contributed by atoms with Crippen molar-refractivity contribution < 1.29 is 18.8 Å². The number of rotatable bonds is 5. The number of carboxylic acids is 1. The number of benzene rings is 1. The van der Waals surface area contributed by atoms with Gasteiger partial charge in [-0.3, -0.25) is 4.90 Å². The van der Waals surface area contributed by atoms with E-state index >= 15 is 0 Å². The highest BCUT2D eigenvalue weighted by atomic mass is 16.5. The lowest BCUT2D eigenvalue weighted by atomic mass is 10.0. The summed E-state index contributed by atoms with van der Waals surface area (Å²) in [5.41, 5.74) is 0.822. The predicted molar refractivity (Wildman–Crippen MR) is 88.2 cm³/mol. The van der Waals surface area contributed by atoms with Crippen LogP contribution in [0.5, 0.6) is 0 Å². The van der Waals surface area contributed by atoms with E-state index in [1.807, 2.05) is 19.1 Å². The molecule has 0 unspecified atom stereocenters. The predicted octanol–water partition coefficient (Wildman–Crippen LogP) is 2.94. The summed E-state index contributed by atoms with van der Waals surface area (Å²) < 4.78 is 11.1. The van der Waals surface area contributed by atoms with Crippen molar-refractivity contribution >= 4 is 5.97 Å². The molecule has 1 saturated heterocycles. The van der Waals surface area contributed by atoms with Crippen molar-refractivity contribution in [2.45, 2.75) is 19.4 Å². The van der Waals surface area contributed by atoms with E-state index in [4.69, 9.17) is 8.94 Å². The minimum atomic E-state index is -0.964. The molecular weight excluding hydrogens is 322 g/mol. The van der Waals surface area contributed by atoms with Gasteiger partial charge in [0.05, 0.1) is 18.0 Å². The van der Waals surface area contributed by atoms with Crippen molar-refractivity contribution in [2.75, 3.05) is 13.1 Å². The quantitative estimate of drug-likeness (QED) is 0.764. The standard InChI is InChI=1S/C18H17N3O4/c1-11-19-17(25-20-11)12-8-21(9-12)10-13-6-7-16(24-13)14-4-2-3-5-15(14)18(22)23/h2-7,12H,8-10H2,1H3,(H,22,23). The molecule has 1 fully saturated rings. The van der Waals surface area contributed by atoms with Crippen molar-refractivity contribution in [3.05, 3.63) is 59.4 Å². The second kappa shape index (κ2) is 6.18. The maximum absolute atomic E-state index is 11.3. The third-order valence-corrected chi connectivity index (χ3v) is 4.31. The fourth-order valence-electron chi connectivity index (χ4n) is 3.05. The Hall–Kier alpha value is -2.93. The van der Waals surface area contributed by atoms with Gasteiger partial charge in [-0.1, -0.05) is 23.4 Å². The number of likely N-dealkylation sites (tertiary alicyclic amines) is 1. The highest BCUT2D eigenvalue weighted by molar-refractivity contribution is 5.95. The second-order valence-electron chi connectivity index (χ2n) is 6.19. The van der Waals surface area contributed by atoms with Crippen LogP contribution in [0.25, 0.3) is 11.3 Å². The number of nitrogens with zero attached hydrogens (tertiary/aromatic N) is 3. The smallest absolute Gasteiger partial charge is 0.336 e. The lowest BCUT2D eigenvalue weighted by molar-refractivity contribution is 0.0697. The first-order valence-electron chi connectivity index (χ1n) is 8.04. The zero-order valence-corrected chi connectivity index (χ0v) is 13.7. The van der Waals surface area contributed by atoms with E-state index in [1.54, 1.807) is 24.3 Å². The molecule has 2 aromatic heterocycles. The van der Waals surface area contributed by atoms with Gasteiger partial charge in [0.15, 0.2) is 5.82 Å². The summed E-state index contributed by atoms with van der Waals surface area (Å²) >= 11 is 0. The monoisotopic (exact) mass is 339 g/mol. The van der Waals surface area contributed by atoms with Crippen LogP contribution in [0.4, 0.5) is 0 Å². The molecule has 1 aliphatic rings. The van der Waals surface area contributed by atoms with Gasteiger partial charge in [0.25, 0.3) is 0 Å². The summed E-state index contributed by atoms with van der Waals surface area (Å²) in [4.78, 5) is 17.8. The lowest BCUT2D eigenvalue weighted by Gasteiger charge is -2.36. The van der Waals surface area contributed by atoms with Crippen LogP contribution in [0, 0.1) is 6.92 Å². The van der Waals surface area contributed by atoms with E-state index in [2.05, 4.69) is 15.0 Å². The summed E-state index contributed by atoms with van der Waals surface area (Å²) in [5, 5.41) is 13.1. The average molecular weight is 339 g/mol. The van der Waals surface area contributed by atoms with Gasteiger partial charge in [-0.2, -0.15) is 4.98 Å². The molecule has 7 heteroatoms. The molecule has 25 heavy (non-hydrogen) atoms. The Morgan fingerprint density at radius 2 is 2.08 bits per heavy atom. The van der Waals surface area contributed by atoms with Crippen LogP contribution >= 0.6 is 0 Å².